The summed E-state index contributed by atoms with van der Waals surface area (Å²) in [6, 6.07) is 9.01. The number of nitrogens with zero attached hydrogens (tertiary/aromatic N) is 2. The van der Waals surface area contributed by atoms with Crippen LogP contribution in [0.1, 0.15) is 23.9 Å². The second kappa shape index (κ2) is 5.87. The maximum Gasteiger partial charge on any atom is 0.315 e. The molecule has 1 aromatic carbocycles. The van der Waals surface area contributed by atoms with Crippen molar-refractivity contribution in [1.82, 2.24) is 4.57 Å². The Bertz CT molecular complexity index is 846. The highest BCUT2D eigenvalue weighted by atomic mass is 35.5. The van der Waals surface area contributed by atoms with Crippen LogP contribution < -0.4 is 4.80 Å². The fourth-order valence-corrected chi connectivity index (χ4v) is 3.56. The largest absolute Gasteiger partial charge is 0.459 e. The van der Waals surface area contributed by atoms with Gasteiger partial charge in [-0.05, 0) is 30.7 Å². The van der Waals surface area contributed by atoms with Gasteiger partial charge >= 0.3 is 5.91 Å². The number of aryl methyl sites for hydroxylation is 1. The van der Waals surface area contributed by atoms with Gasteiger partial charge in [0.1, 0.15) is 0 Å². The van der Waals surface area contributed by atoms with E-state index in [9.17, 15) is 4.79 Å². The van der Waals surface area contributed by atoms with Gasteiger partial charge in [0.25, 0.3) is 0 Å². The van der Waals surface area contributed by atoms with Crippen LogP contribution in [0, 0.1) is 0 Å². The second-order valence-electron chi connectivity index (χ2n) is 4.52. The van der Waals surface area contributed by atoms with E-state index in [-0.39, 0.29) is 11.7 Å². The molecular formula is C15H13ClN2O2S. The highest BCUT2D eigenvalue weighted by molar-refractivity contribution is 7.16. The van der Waals surface area contributed by atoms with Gasteiger partial charge in [-0.1, -0.05) is 35.9 Å². The first-order valence-corrected chi connectivity index (χ1v) is 7.80. The molecule has 0 N–H and O–H groups in total. The molecule has 0 aliphatic rings. The smallest absolute Gasteiger partial charge is 0.315 e. The van der Waals surface area contributed by atoms with Crippen molar-refractivity contribution in [3.63, 3.8) is 0 Å². The normalized spacial score (nSPS) is 12.2. The molecular weight excluding hydrogens is 308 g/mol. The predicted octanol–water partition coefficient (Wildman–Crippen LogP) is 4.10. The van der Waals surface area contributed by atoms with E-state index in [1.165, 1.54) is 17.6 Å². The zero-order valence-electron chi connectivity index (χ0n) is 11.4. The fourth-order valence-electron chi connectivity index (χ4n) is 2.15. The van der Waals surface area contributed by atoms with E-state index in [0.29, 0.717) is 9.82 Å². The van der Waals surface area contributed by atoms with E-state index in [1.54, 1.807) is 12.1 Å². The fraction of sp³-hybridized carbons (Fsp3) is 0.200. The minimum absolute atomic E-state index is 0.238. The number of furan rings is 1. The molecule has 4 nitrogen and oxygen atoms in total. The van der Waals surface area contributed by atoms with E-state index in [0.717, 1.165) is 23.2 Å². The molecule has 0 radical (unpaired) electrons. The van der Waals surface area contributed by atoms with Crippen molar-refractivity contribution in [2.45, 2.75) is 19.9 Å². The number of amides is 1. The number of halogens is 1. The van der Waals surface area contributed by atoms with Crippen LogP contribution in [0.2, 0.25) is 5.02 Å². The van der Waals surface area contributed by atoms with Crippen LogP contribution in [0.25, 0.3) is 10.2 Å². The monoisotopic (exact) mass is 320 g/mol. The van der Waals surface area contributed by atoms with Gasteiger partial charge in [0.15, 0.2) is 10.6 Å². The van der Waals surface area contributed by atoms with Crippen LogP contribution in [-0.4, -0.2) is 10.5 Å². The van der Waals surface area contributed by atoms with Crippen molar-refractivity contribution in [1.29, 1.82) is 0 Å². The average Bonchev–Trinajstić information content (AvgIpc) is 3.09. The molecule has 6 heteroatoms. The third-order valence-electron chi connectivity index (χ3n) is 3.03. The quantitative estimate of drug-likeness (QED) is 0.729. The first kappa shape index (κ1) is 14.1. The average molecular weight is 321 g/mol. The van der Waals surface area contributed by atoms with Crippen LogP contribution in [0.4, 0.5) is 0 Å². The van der Waals surface area contributed by atoms with Crippen molar-refractivity contribution in [3.05, 3.63) is 52.2 Å². The van der Waals surface area contributed by atoms with E-state index in [2.05, 4.69) is 11.9 Å². The van der Waals surface area contributed by atoms with Gasteiger partial charge in [-0.25, -0.2) is 0 Å². The first-order chi connectivity index (χ1) is 10.2. The molecule has 2 heterocycles. The molecule has 0 aliphatic carbocycles. The lowest BCUT2D eigenvalue weighted by molar-refractivity contribution is 0.0971. The zero-order chi connectivity index (χ0) is 14.8. The van der Waals surface area contributed by atoms with Crippen molar-refractivity contribution in [2.75, 3.05) is 0 Å². The Hall–Kier alpha value is -1.85. The molecule has 0 fully saturated rings. The molecule has 0 atom stereocenters. The van der Waals surface area contributed by atoms with Gasteiger partial charge in [0.05, 0.1) is 21.5 Å². The molecule has 3 aromatic rings. The van der Waals surface area contributed by atoms with Gasteiger partial charge in [-0.2, -0.15) is 4.99 Å². The Labute approximate surface area is 130 Å². The van der Waals surface area contributed by atoms with Crippen LogP contribution >= 0.6 is 22.9 Å². The second-order valence-corrected chi connectivity index (χ2v) is 5.93. The molecule has 108 valence electrons. The summed E-state index contributed by atoms with van der Waals surface area (Å²) in [6.07, 6.45) is 2.39. The van der Waals surface area contributed by atoms with E-state index in [4.69, 9.17) is 16.0 Å². The lowest BCUT2D eigenvalue weighted by Gasteiger charge is -2.03. The lowest BCUT2D eigenvalue weighted by atomic mass is 10.3. The summed E-state index contributed by atoms with van der Waals surface area (Å²) >= 11 is 7.74. The number of carbonyl (C=O) groups is 1. The van der Waals surface area contributed by atoms with E-state index < -0.39 is 0 Å². The topological polar surface area (TPSA) is 47.5 Å². The highest BCUT2D eigenvalue weighted by Gasteiger charge is 2.12. The Balaban J connectivity index is 2.20. The van der Waals surface area contributed by atoms with Crippen LogP contribution in [0.15, 0.2) is 46.0 Å². The molecule has 0 saturated heterocycles. The number of thiazole rings is 1. The Kier molecular flexibility index (Phi) is 3.94. The third kappa shape index (κ3) is 2.66. The van der Waals surface area contributed by atoms with Gasteiger partial charge in [-0.3, -0.25) is 4.79 Å². The number of benzene rings is 1. The first-order valence-electron chi connectivity index (χ1n) is 6.61. The minimum atomic E-state index is -0.382. The van der Waals surface area contributed by atoms with Crippen molar-refractivity contribution in [2.24, 2.45) is 4.99 Å². The molecule has 0 spiro atoms. The Morgan fingerprint density at radius 3 is 2.95 bits per heavy atom. The van der Waals surface area contributed by atoms with Gasteiger partial charge < -0.3 is 8.98 Å². The van der Waals surface area contributed by atoms with Crippen molar-refractivity contribution < 1.29 is 9.21 Å². The molecule has 0 unspecified atom stereocenters. The molecule has 2 aromatic heterocycles. The summed E-state index contributed by atoms with van der Waals surface area (Å²) in [5.74, 6) is -0.144. The molecule has 0 bridgehead atoms. The van der Waals surface area contributed by atoms with Gasteiger partial charge in [-0.15, -0.1) is 0 Å². The van der Waals surface area contributed by atoms with Gasteiger partial charge in [0, 0.05) is 6.54 Å². The van der Waals surface area contributed by atoms with Crippen molar-refractivity contribution >= 4 is 39.1 Å². The number of hydrogen-bond acceptors (Lipinski definition) is 3. The summed E-state index contributed by atoms with van der Waals surface area (Å²) in [5, 5.41) is 0.670. The SMILES string of the molecule is CCCn1c(=NC(=O)c2ccco2)sc2cccc(Cl)c21. The molecule has 3 rings (SSSR count). The number of hydrogen-bond donors (Lipinski definition) is 0. The summed E-state index contributed by atoms with van der Waals surface area (Å²) in [5.41, 5.74) is 0.928. The standard InChI is InChI=1S/C15H13ClN2O2S/c1-2-8-18-13-10(16)5-3-7-12(13)21-15(18)17-14(19)11-6-4-9-20-11/h3-7,9H,2,8H2,1H3. The summed E-state index contributed by atoms with van der Waals surface area (Å²) in [6.45, 7) is 2.83. The number of para-hydroxylation sites is 1. The maximum atomic E-state index is 12.1. The van der Waals surface area contributed by atoms with Gasteiger partial charge in [0.2, 0.25) is 0 Å². The number of fused-ring (bicyclic) bond motifs is 1. The van der Waals surface area contributed by atoms with E-state index >= 15 is 0 Å². The molecule has 0 saturated carbocycles. The maximum absolute atomic E-state index is 12.1. The number of carbonyl (C=O) groups excluding carboxylic acids is 1. The summed E-state index contributed by atoms with van der Waals surface area (Å²) in [4.78, 5) is 16.9. The highest BCUT2D eigenvalue weighted by Crippen LogP contribution is 2.25. The summed E-state index contributed by atoms with van der Waals surface area (Å²) < 4.78 is 8.10. The zero-order valence-corrected chi connectivity index (χ0v) is 12.9. The van der Waals surface area contributed by atoms with Crippen LogP contribution in [-0.2, 0) is 6.54 Å². The Morgan fingerprint density at radius 2 is 2.24 bits per heavy atom. The lowest BCUT2D eigenvalue weighted by Crippen LogP contribution is -2.16. The minimum Gasteiger partial charge on any atom is -0.459 e. The number of aromatic nitrogens is 1. The van der Waals surface area contributed by atoms with Crippen molar-refractivity contribution in [3.8, 4) is 0 Å². The molecule has 1 amide bonds. The summed E-state index contributed by atoms with van der Waals surface area (Å²) in [7, 11) is 0. The Morgan fingerprint density at radius 1 is 1.38 bits per heavy atom. The molecule has 21 heavy (non-hydrogen) atoms. The van der Waals surface area contributed by atoms with E-state index in [1.807, 2.05) is 22.8 Å². The third-order valence-corrected chi connectivity index (χ3v) is 4.38. The predicted molar refractivity (Wildman–Crippen MR) is 83.7 cm³/mol. The number of rotatable bonds is 3. The molecule has 0 aliphatic heterocycles. The van der Waals surface area contributed by atoms with Crippen LogP contribution in [0.5, 0.6) is 0 Å². The van der Waals surface area contributed by atoms with Crippen LogP contribution in [0.3, 0.4) is 0 Å².